The van der Waals surface area contributed by atoms with Crippen LogP contribution in [0.3, 0.4) is 0 Å². The number of carbonyl (C=O) groups excluding carboxylic acids is 1. The normalized spacial score (nSPS) is 10.6. The van der Waals surface area contributed by atoms with Gasteiger partial charge in [0, 0.05) is 5.56 Å². The Morgan fingerprint density at radius 3 is 2.43 bits per heavy atom. The Balaban J connectivity index is 1.77. The number of benzene rings is 3. The van der Waals surface area contributed by atoms with Crippen LogP contribution in [0.2, 0.25) is 10.0 Å². The van der Waals surface area contributed by atoms with Crippen molar-refractivity contribution >= 4 is 34.8 Å². The summed E-state index contributed by atoms with van der Waals surface area (Å²) >= 11 is 12.2. The largest absolute Gasteiger partial charge is 0.495 e. The van der Waals surface area contributed by atoms with Gasteiger partial charge in [0.15, 0.2) is 5.82 Å². The molecule has 4 aromatic rings. The lowest BCUT2D eigenvalue weighted by Crippen LogP contribution is -2.15. The molecule has 6 nitrogen and oxygen atoms in total. The van der Waals surface area contributed by atoms with Gasteiger partial charge in [-0.15, -0.1) is 5.10 Å². The maximum Gasteiger partial charge on any atom is 0.295 e. The molecule has 1 heterocycles. The van der Waals surface area contributed by atoms with Gasteiger partial charge in [0.25, 0.3) is 5.91 Å². The van der Waals surface area contributed by atoms with Crippen molar-refractivity contribution in [3.05, 3.63) is 88.7 Å². The zero-order valence-corrected chi connectivity index (χ0v) is 17.4. The topological polar surface area (TPSA) is 69.0 Å². The van der Waals surface area contributed by atoms with Crippen molar-refractivity contribution in [2.45, 2.75) is 0 Å². The van der Waals surface area contributed by atoms with Crippen molar-refractivity contribution in [2.75, 3.05) is 12.4 Å². The van der Waals surface area contributed by atoms with Gasteiger partial charge in [0.05, 0.1) is 28.5 Å². The molecule has 1 N–H and O–H groups in total. The summed E-state index contributed by atoms with van der Waals surface area (Å²) in [4.78, 5) is 17.4. The number of para-hydroxylation sites is 2. The highest BCUT2D eigenvalue weighted by Crippen LogP contribution is 2.28. The number of anilines is 1. The van der Waals surface area contributed by atoms with Gasteiger partial charge in [-0.3, -0.25) is 4.79 Å². The van der Waals surface area contributed by atoms with E-state index in [2.05, 4.69) is 15.4 Å². The molecule has 150 valence electrons. The van der Waals surface area contributed by atoms with Crippen molar-refractivity contribution < 1.29 is 9.53 Å². The average molecular weight is 439 g/mol. The molecule has 0 saturated heterocycles. The Morgan fingerprint density at radius 2 is 1.70 bits per heavy atom. The summed E-state index contributed by atoms with van der Waals surface area (Å²) in [5.74, 6) is 0.582. The molecule has 0 unspecified atom stereocenters. The second-order valence-corrected chi connectivity index (χ2v) is 7.10. The van der Waals surface area contributed by atoms with Crippen molar-refractivity contribution in [3.8, 4) is 22.8 Å². The number of methoxy groups -OCH3 is 1. The molecule has 0 saturated carbocycles. The molecule has 0 atom stereocenters. The van der Waals surface area contributed by atoms with Gasteiger partial charge in [0.2, 0.25) is 5.82 Å². The highest BCUT2D eigenvalue weighted by molar-refractivity contribution is 6.42. The third-order valence-electron chi connectivity index (χ3n) is 4.35. The van der Waals surface area contributed by atoms with Crippen LogP contribution >= 0.6 is 23.2 Å². The molecule has 0 fully saturated rings. The minimum atomic E-state index is -0.463. The van der Waals surface area contributed by atoms with Crippen LogP contribution in [0.5, 0.6) is 5.75 Å². The van der Waals surface area contributed by atoms with Crippen LogP contribution in [0.15, 0.2) is 72.8 Å². The van der Waals surface area contributed by atoms with Crippen LogP contribution in [0, 0.1) is 0 Å². The van der Waals surface area contributed by atoms with Crippen LogP contribution in [-0.4, -0.2) is 27.8 Å². The van der Waals surface area contributed by atoms with E-state index in [9.17, 15) is 4.79 Å². The SMILES string of the molecule is COc1ccccc1NC(=O)c1nc(-c2ccccc2)n(-c2ccc(Cl)c(Cl)c2)n1. The van der Waals surface area contributed by atoms with E-state index < -0.39 is 5.91 Å². The third-order valence-corrected chi connectivity index (χ3v) is 5.08. The molecular formula is C22H16Cl2N4O2. The van der Waals surface area contributed by atoms with E-state index in [0.29, 0.717) is 33.0 Å². The lowest BCUT2D eigenvalue weighted by atomic mass is 10.2. The van der Waals surface area contributed by atoms with E-state index in [1.807, 2.05) is 36.4 Å². The molecule has 4 rings (SSSR count). The first-order valence-corrected chi connectivity index (χ1v) is 9.74. The number of amides is 1. The van der Waals surface area contributed by atoms with Crippen LogP contribution in [0.4, 0.5) is 5.69 Å². The third kappa shape index (κ3) is 4.01. The summed E-state index contributed by atoms with van der Waals surface area (Å²) in [6.45, 7) is 0. The highest BCUT2D eigenvalue weighted by atomic mass is 35.5. The van der Waals surface area contributed by atoms with E-state index >= 15 is 0 Å². The second kappa shape index (κ2) is 8.57. The summed E-state index contributed by atoms with van der Waals surface area (Å²) in [7, 11) is 1.54. The zero-order chi connectivity index (χ0) is 21.1. The molecule has 0 aliphatic carbocycles. The molecule has 1 aromatic heterocycles. The van der Waals surface area contributed by atoms with Gasteiger partial charge in [-0.25, -0.2) is 9.67 Å². The maximum atomic E-state index is 12.9. The van der Waals surface area contributed by atoms with Gasteiger partial charge in [-0.05, 0) is 30.3 Å². The van der Waals surface area contributed by atoms with E-state index in [-0.39, 0.29) is 5.82 Å². The molecule has 0 bridgehead atoms. The van der Waals surface area contributed by atoms with E-state index in [0.717, 1.165) is 5.56 Å². The van der Waals surface area contributed by atoms with Crippen LogP contribution in [0.25, 0.3) is 17.1 Å². The number of aromatic nitrogens is 3. The van der Waals surface area contributed by atoms with Gasteiger partial charge in [-0.2, -0.15) is 0 Å². The average Bonchev–Trinajstić information content (AvgIpc) is 3.22. The molecule has 0 spiro atoms. The number of hydrogen-bond donors (Lipinski definition) is 1. The maximum absolute atomic E-state index is 12.9. The van der Waals surface area contributed by atoms with E-state index in [1.54, 1.807) is 41.1 Å². The Morgan fingerprint density at radius 1 is 0.967 bits per heavy atom. The summed E-state index contributed by atoms with van der Waals surface area (Å²) in [6.07, 6.45) is 0. The van der Waals surface area contributed by atoms with Crippen LogP contribution in [0.1, 0.15) is 10.6 Å². The predicted octanol–water partition coefficient (Wildman–Crippen LogP) is 5.50. The number of carbonyl (C=O) groups is 1. The fourth-order valence-corrected chi connectivity index (χ4v) is 3.20. The summed E-state index contributed by atoms with van der Waals surface area (Å²) in [6, 6.07) is 21.7. The van der Waals surface area contributed by atoms with Crippen molar-refractivity contribution in [2.24, 2.45) is 0 Å². The smallest absolute Gasteiger partial charge is 0.295 e. The minimum Gasteiger partial charge on any atom is -0.495 e. The van der Waals surface area contributed by atoms with Crippen molar-refractivity contribution in [3.63, 3.8) is 0 Å². The van der Waals surface area contributed by atoms with Crippen molar-refractivity contribution in [1.29, 1.82) is 0 Å². The summed E-state index contributed by atoms with van der Waals surface area (Å²) < 4.78 is 6.85. The quantitative estimate of drug-likeness (QED) is 0.446. The summed E-state index contributed by atoms with van der Waals surface area (Å²) in [5.41, 5.74) is 1.96. The Hall–Kier alpha value is -3.35. The molecule has 8 heteroatoms. The first-order chi connectivity index (χ1) is 14.6. The van der Waals surface area contributed by atoms with Gasteiger partial charge < -0.3 is 10.1 Å². The molecule has 0 aliphatic heterocycles. The number of hydrogen-bond acceptors (Lipinski definition) is 4. The standard InChI is InChI=1S/C22H16Cl2N4O2/c1-30-19-10-6-5-9-18(19)25-22(29)20-26-21(14-7-3-2-4-8-14)28(27-20)15-11-12-16(23)17(24)13-15/h2-13H,1H3,(H,25,29). The molecule has 0 radical (unpaired) electrons. The van der Waals surface area contributed by atoms with Gasteiger partial charge in [0.1, 0.15) is 5.75 Å². The molecule has 3 aromatic carbocycles. The molecule has 0 aliphatic rings. The monoisotopic (exact) mass is 438 g/mol. The van der Waals surface area contributed by atoms with E-state index in [1.165, 1.54) is 7.11 Å². The molecular weight excluding hydrogens is 423 g/mol. The van der Waals surface area contributed by atoms with Crippen LogP contribution < -0.4 is 10.1 Å². The molecule has 1 amide bonds. The Labute approximate surface area is 183 Å². The lowest BCUT2D eigenvalue weighted by Gasteiger charge is -2.08. The summed E-state index contributed by atoms with van der Waals surface area (Å²) in [5, 5.41) is 8.03. The van der Waals surface area contributed by atoms with E-state index in [4.69, 9.17) is 27.9 Å². The fourth-order valence-electron chi connectivity index (χ4n) is 2.91. The minimum absolute atomic E-state index is 0.00540. The number of nitrogens with zero attached hydrogens (tertiary/aromatic N) is 3. The van der Waals surface area contributed by atoms with Crippen LogP contribution in [-0.2, 0) is 0 Å². The van der Waals surface area contributed by atoms with Gasteiger partial charge >= 0.3 is 0 Å². The second-order valence-electron chi connectivity index (χ2n) is 6.29. The molecule has 30 heavy (non-hydrogen) atoms. The Kier molecular flexibility index (Phi) is 5.70. The van der Waals surface area contributed by atoms with Crippen molar-refractivity contribution in [1.82, 2.24) is 14.8 Å². The number of ether oxygens (including phenoxy) is 1. The number of halogens is 2. The Bertz CT molecular complexity index is 1210. The lowest BCUT2D eigenvalue weighted by molar-refractivity contribution is 0.101. The zero-order valence-electron chi connectivity index (χ0n) is 15.8. The number of nitrogens with one attached hydrogen (secondary N) is 1. The number of rotatable bonds is 5. The first kappa shape index (κ1) is 19.9. The fraction of sp³-hybridized carbons (Fsp3) is 0.0455. The predicted molar refractivity (Wildman–Crippen MR) is 118 cm³/mol. The highest BCUT2D eigenvalue weighted by Gasteiger charge is 2.20. The first-order valence-electron chi connectivity index (χ1n) is 8.99. The van der Waals surface area contributed by atoms with Gasteiger partial charge in [-0.1, -0.05) is 65.7 Å².